The van der Waals surface area contributed by atoms with Crippen LogP contribution in [0.25, 0.3) is 0 Å². The lowest BCUT2D eigenvalue weighted by Crippen LogP contribution is -2.79. The summed E-state index contributed by atoms with van der Waals surface area (Å²) in [7, 11) is 0. The fourth-order valence-electron chi connectivity index (χ4n) is 3.19. The largest absolute Gasteiger partial charge is 0.283 e. The predicted molar refractivity (Wildman–Crippen MR) is 59.7 cm³/mol. The Morgan fingerprint density at radius 3 is 1.93 bits per heavy atom. The molecule has 0 radical (unpaired) electrons. The highest BCUT2D eigenvalue weighted by Gasteiger charge is 2.47. The maximum atomic E-state index is 5.66. The Labute approximate surface area is 95.9 Å². The van der Waals surface area contributed by atoms with Crippen molar-refractivity contribution in [2.45, 2.75) is 0 Å². The monoisotopic (exact) mass is 229 g/mol. The van der Waals surface area contributed by atoms with Crippen molar-refractivity contribution >= 4 is 11.6 Å². The summed E-state index contributed by atoms with van der Waals surface area (Å²) in [6.07, 6.45) is 4.31. The van der Waals surface area contributed by atoms with Crippen LogP contribution < -0.4 is 0 Å². The molecule has 0 saturated carbocycles. The SMILES string of the molecule is ClC/C=C\C[N+]12CN3CN(CN(C3)C1)C2. The number of halogens is 1. The Hall–Kier alpha value is -0.130. The van der Waals surface area contributed by atoms with E-state index >= 15 is 0 Å². The number of alkyl halides is 1. The molecule has 0 spiro atoms. The highest BCUT2D eigenvalue weighted by atomic mass is 35.5. The minimum absolute atomic E-state index is 0.636. The minimum Gasteiger partial charge on any atom is -0.283 e. The van der Waals surface area contributed by atoms with Crippen molar-refractivity contribution in [1.29, 1.82) is 0 Å². The van der Waals surface area contributed by atoms with Crippen LogP contribution in [0.5, 0.6) is 0 Å². The Kier molecular flexibility index (Phi) is 2.49. The Bertz CT molecular complexity index is 243. The fraction of sp³-hybridized carbons (Fsp3) is 0.800. The number of hydrogen-bond donors (Lipinski definition) is 0. The van der Waals surface area contributed by atoms with Gasteiger partial charge in [0.15, 0.2) is 0 Å². The van der Waals surface area contributed by atoms with Crippen LogP contribution in [0.4, 0.5) is 0 Å². The van der Waals surface area contributed by atoms with Crippen LogP contribution in [0.15, 0.2) is 12.2 Å². The first kappa shape index (κ1) is 10.1. The third-order valence-corrected chi connectivity index (χ3v) is 3.63. The van der Waals surface area contributed by atoms with Gasteiger partial charge in [0.05, 0.1) is 20.0 Å². The molecule has 0 aromatic carbocycles. The van der Waals surface area contributed by atoms with Crippen LogP contribution in [0.2, 0.25) is 0 Å². The van der Waals surface area contributed by atoms with E-state index in [-0.39, 0.29) is 0 Å². The summed E-state index contributed by atoms with van der Waals surface area (Å²) in [4.78, 5) is 7.60. The standard InChI is InChI=1S/C10H18ClN4/c11-3-1-2-4-15-8-12-5-13(9-15)7-14(6-12)10-15/h1-2H,3-10H2/q+1/b2-1-. The van der Waals surface area contributed by atoms with Gasteiger partial charge in [-0.1, -0.05) is 6.08 Å². The van der Waals surface area contributed by atoms with E-state index in [9.17, 15) is 0 Å². The van der Waals surface area contributed by atoms with E-state index < -0.39 is 0 Å². The molecule has 0 aromatic rings. The lowest BCUT2D eigenvalue weighted by molar-refractivity contribution is -0.975. The van der Waals surface area contributed by atoms with Gasteiger partial charge in [0, 0.05) is 5.88 Å². The van der Waals surface area contributed by atoms with Gasteiger partial charge in [-0.15, -0.1) is 11.6 Å². The Balaban J connectivity index is 1.72. The highest BCUT2D eigenvalue weighted by Crippen LogP contribution is 2.28. The molecule has 84 valence electrons. The van der Waals surface area contributed by atoms with Crippen molar-refractivity contribution in [2.24, 2.45) is 0 Å². The first-order valence-electron chi connectivity index (χ1n) is 5.53. The second-order valence-electron chi connectivity index (χ2n) is 5.01. The summed E-state index contributed by atoms with van der Waals surface area (Å²) in [5.41, 5.74) is 0. The van der Waals surface area contributed by atoms with Crippen molar-refractivity contribution in [3.8, 4) is 0 Å². The zero-order valence-corrected chi connectivity index (χ0v) is 9.73. The van der Waals surface area contributed by atoms with Gasteiger partial charge in [0.1, 0.15) is 26.6 Å². The average Bonchev–Trinajstić information content (AvgIpc) is 2.15. The maximum absolute atomic E-state index is 5.66. The van der Waals surface area contributed by atoms with Gasteiger partial charge in [-0.2, -0.15) is 0 Å². The van der Waals surface area contributed by atoms with E-state index in [2.05, 4.69) is 26.9 Å². The van der Waals surface area contributed by atoms with Gasteiger partial charge >= 0.3 is 0 Å². The molecule has 4 nitrogen and oxygen atoms in total. The van der Waals surface area contributed by atoms with Crippen LogP contribution in [-0.4, -0.2) is 71.6 Å². The molecule has 0 N–H and O–H groups in total. The third-order valence-electron chi connectivity index (χ3n) is 3.45. The molecule has 4 fully saturated rings. The molecule has 4 bridgehead atoms. The summed E-state index contributed by atoms with van der Waals surface area (Å²) in [5.74, 6) is 0.636. The van der Waals surface area contributed by atoms with Gasteiger partial charge in [-0.25, -0.2) is 14.7 Å². The predicted octanol–water partition coefficient (Wildman–Crippen LogP) is 0.290. The van der Waals surface area contributed by atoms with Crippen LogP contribution >= 0.6 is 11.6 Å². The summed E-state index contributed by atoms with van der Waals surface area (Å²) in [5, 5.41) is 0. The third kappa shape index (κ3) is 1.81. The van der Waals surface area contributed by atoms with Gasteiger partial charge in [-0.3, -0.25) is 4.48 Å². The second-order valence-corrected chi connectivity index (χ2v) is 5.32. The van der Waals surface area contributed by atoms with E-state index in [4.69, 9.17) is 11.6 Å². The molecular weight excluding hydrogens is 212 g/mol. The molecule has 0 aliphatic carbocycles. The molecule has 15 heavy (non-hydrogen) atoms. The quantitative estimate of drug-likeness (QED) is 0.391. The van der Waals surface area contributed by atoms with Gasteiger partial charge in [-0.05, 0) is 6.08 Å². The molecule has 0 aromatic heterocycles. The molecule has 0 unspecified atom stereocenters. The normalized spacial score (nSPS) is 47.9. The second kappa shape index (κ2) is 3.71. The van der Waals surface area contributed by atoms with E-state index in [1.807, 2.05) is 0 Å². The molecule has 4 aliphatic rings. The number of allylic oxidation sites excluding steroid dienone is 1. The molecule has 5 heteroatoms. The van der Waals surface area contributed by atoms with Crippen LogP contribution in [0.1, 0.15) is 0 Å². The molecule has 4 aliphatic heterocycles. The molecule has 4 saturated heterocycles. The number of rotatable bonds is 3. The molecule has 4 rings (SSSR count). The van der Waals surface area contributed by atoms with Crippen molar-refractivity contribution in [1.82, 2.24) is 14.7 Å². The summed E-state index contributed by atoms with van der Waals surface area (Å²) < 4.78 is 1.17. The van der Waals surface area contributed by atoms with E-state index in [1.165, 1.54) is 24.5 Å². The van der Waals surface area contributed by atoms with Gasteiger partial charge in [0.2, 0.25) is 0 Å². The molecule has 0 amide bonds. The van der Waals surface area contributed by atoms with Crippen LogP contribution in [0, 0.1) is 0 Å². The summed E-state index contributed by atoms with van der Waals surface area (Å²) in [6, 6.07) is 0. The molecule has 0 atom stereocenters. The molecular formula is C10H18ClN4+. The van der Waals surface area contributed by atoms with Crippen molar-refractivity contribution in [3.05, 3.63) is 12.2 Å². The number of nitrogens with zero attached hydrogens (tertiary/aromatic N) is 4. The minimum atomic E-state index is 0.636. The van der Waals surface area contributed by atoms with E-state index in [0.29, 0.717) is 5.88 Å². The number of hydrogen-bond acceptors (Lipinski definition) is 3. The lowest BCUT2D eigenvalue weighted by atomic mass is 10.3. The highest BCUT2D eigenvalue weighted by molar-refractivity contribution is 6.18. The lowest BCUT2D eigenvalue weighted by Gasteiger charge is -2.60. The first-order valence-corrected chi connectivity index (χ1v) is 6.06. The van der Waals surface area contributed by atoms with Crippen LogP contribution in [0.3, 0.4) is 0 Å². The van der Waals surface area contributed by atoms with E-state index in [0.717, 1.165) is 26.6 Å². The summed E-state index contributed by atoms with van der Waals surface area (Å²) >= 11 is 5.66. The Morgan fingerprint density at radius 1 is 0.933 bits per heavy atom. The van der Waals surface area contributed by atoms with E-state index in [1.54, 1.807) is 0 Å². The first-order chi connectivity index (χ1) is 7.30. The topological polar surface area (TPSA) is 9.72 Å². The smallest absolute Gasteiger partial charge is 0.139 e. The number of quaternary nitrogens is 1. The average molecular weight is 230 g/mol. The van der Waals surface area contributed by atoms with Crippen molar-refractivity contribution < 1.29 is 4.48 Å². The zero-order chi connectivity index (χ0) is 10.3. The fourth-order valence-corrected chi connectivity index (χ4v) is 3.32. The Morgan fingerprint density at radius 2 is 1.47 bits per heavy atom. The van der Waals surface area contributed by atoms with Crippen molar-refractivity contribution in [3.63, 3.8) is 0 Å². The zero-order valence-electron chi connectivity index (χ0n) is 8.98. The van der Waals surface area contributed by atoms with Gasteiger partial charge < -0.3 is 0 Å². The van der Waals surface area contributed by atoms with Crippen molar-refractivity contribution in [2.75, 3.05) is 52.4 Å². The summed E-state index contributed by atoms with van der Waals surface area (Å²) in [6.45, 7) is 8.23. The maximum Gasteiger partial charge on any atom is 0.139 e. The van der Waals surface area contributed by atoms with Crippen LogP contribution in [-0.2, 0) is 0 Å². The van der Waals surface area contributed by atoms with Gasteiger partial charge in [0.25, 0.3) is 0 Å². The molecule has 4 heterocycles.